The predicted molar refractivity (Wildman–Crippen MR) is 64.7 cm³/mol. The maximum absolute atomic E-state index is 5.84. The van der Waals surface area contributed by atoms with E-state index in [4.69, 9.17) is 14.2 Å². The van der Waals surface area contributed by atoms with Crippen molar-refractivity contribution in [3.8, 4) is 0 Å². The van der Waals surface area contributed by atoms with Gasteiger partial charge in [0.05, 0.1) is 31.5 Å². The second-order valence-electron chi connectivity index (χ2n) is 4.78. The zero-order chi connectivity index (χ0) is 11.8. The van der Waals surface area contributed by atoms with Crippen LogP contribution in [0.15, 0.2) is 0 Å². The van der Waals surface area contributed by atoms with Gasteiger partial charge in [0.1, 0.15) is 0 Å². The van der Waals surface area contributed by atoms with Gasteiger partial charge >= 0.3 is 0 Å². The summed E-state index contributed by atoms with van der Waals surface area (Å²) in [6.07, 6.45) is 7.26. The summed E-state index contributed by atoms with van der Waals surface area (Å²) in [6, 6.07) is 0. The summed E-state index contributed by atoms with van der Waals surface area (Å²) in [4.78, 5) is 0. The zero-order valence-corrected chi connectivity index (χ0v) is 10.9. The Morgan fingerprint density at radius 1 is 1.00 bits per heavy atom. The van der Waals surface area contributed by atoms with Crippen LogP contribution >= 0.6 is 0 Å². The molecule has 0 bridgehead atoms. The van der Waals surface area contributed by atoms with Crippen LogP contribution in [0.3, 0.4) is 0 Å². The molecule has 1 saturated carbocycles. The Morgan fingerprint density at radius 2 is 1.69 bits per heavy atom. The average molecular weight is 230 g/mol. The Kier molecular flexibility index (Phi) is 7.01. The first-order valence-electron chi connectivity index (χ1n) is 6.48. The van der Waals surface area contributed by atoms with E-state index in [0.29, 0.717) is 19.3 Å². The highest BCUT2D eigenvalue weighted by molar-refractivity contribution is 4.65. The molecule has 0 aromatic carbocycles. The van der Waals surface area contributed by atoms with Gasteiger partial charge in [0.15, 0.2) is 0 Å². The lowest BCUT2D eigenvalue weighted by molar-refractivity contribution is -0.0687. The molecule has 0 spiro atoms. The first kappa shape index (κ1) is 13.9. The molecule has 2 atom stereocenters. The third kappa shape index (κ3) is 5.83. The van der Waals surface area contributed by atoms with Gasteiger partial charge < -0.3 is 14.2 Å². The molecule has 1 aliphatic carbocycles. The van der Waals surface area contributed by atoms with E-state index < -0.39 is 0 Å². The van der Waals surface area contributed by atoms with E-state index in [-0.39, 0.29) is 12.2 Å². The predicted octanol–water partition coefficient (Wildman–Crippen LogP) is 2.78. The molecule has 0 amide bonds. The van der Waals surface area contributed by atoms with Crippen LogP contribution in [0.25, 0.3) is 0 Å². The number of ether oxygens (including phenoxy) is 3. The number of hydrogen-bond acceptors (Lipinski definition) is 3. The third-order valence-corrected chi connectivity index (χ3v) is 3.14. The molecule has 3 nitrogen and oxygen atoms in total. The number of methoxy groups -OCH3 is 1. The highest BCUT2D eigenvalue weighted by atomic mass is 16.6. The first-order chi connectivity index (χ1) is 7.72. The molecular formula is C13H26O3. The fraction of sp³-hybridized carbons (Fsp3) is 1.00. The molecule has 0 radical (unpaired) electrons. The van der Waals surface area contributed by atoms with E-state index in [2.05, 4.69) is 6.92 Å². The molecule has 16 heavy (non-hydrogen) atoms. The van der Waals surface area contributed by atoms with E-state index in [9.17, 15) is 0 Å². The minimum Gasteiger partial charge on any atom is -0.379 e. The molecule has 96 valence electrons. The molecule has 0 aromatic heterocycles. The van der Waals surface area contributed by atoms with Gasteiger partial charge in [-0.25, -0.2) is 0 Å². The number of rotatable bonds is 7. The Morgan fingerprint density at radius 3 is 2.31 bits per heavy atom. The van der Waals surface area contributed by atoms with Gasteiger partial charge in [-0.15, -0.1) is 0 Å². The highest BCUT2D eigenvalue weighted by Crippen LogP contribution is 2.20. The minimum atomic E-state index is 0.164. The van der Waals surface area contributed by atoms with E-state index in [0.717, 1.165) is 0 Å². The second-order valence-corrected chi connectivity index (χ2v) is 4.78. The van der Waals surface area contributed by atoms with Gasteiger partial charge in [-0.3, -0.25) is 0 Å². The average Bonchev–Trinajstić information content (AvgIpc) is 2.34. The van der Waals surface area contributed by atoms with Crippen molar-refractivity contribution in [3.05, 3.63) is 0 Å². The monoisotopic (exact) mass is 230 g/mol. The molecule has 1 fully saturated rings. The Hall–Kier alpha value is -0.120. The largest absolute Gasteiger partial charge is 0.379 e. The molecule has 1 aliphatic rings. The smallest absolute Gasteiger partial charge is 0.0781 e. The van der Waals surface area contributed by atoms with Gasteiger partial charge in [-0.1, -0.05) is 19.3 Å². The molecular weight excluding hydrogens is 204 g/mol. The number of hydrogen-bond donors (Lipinski definition) is 0. The van der Waals surface area contributed by atoms with Crippen LogP contribution < -0.4 is 0 Å². The van der Waals surface area contributed by atoms with Crippen molar-refractivity contribution in [2.45, 2.75) is 64.3 Å². The van der Waals surface area contributed by atoms with Crippen LogP contribution in [0.5, 0.6) is 0 Å². The molecule has 0 aromatic rings. The summed E-state index contributed by atoms with van der Waals surface area (Å²) in [5.41, 5.74) is 0. The van der Waals surface area contributed by atoms with E-state index >= 15 is 0 Å². The Labute approximate surface area is 99.5 Å². The SMILES string of the molecule is COC(C)COC(C)COC1CCCCC1. The Balaban J connectivity index is 2.02. The van der Waals surface area contributed by atoms with E-state index in [1.54, 1.807) is 7.11 Å². The summed E-state index contributed by atoms with van der Waals surface area (Å²) >= 11 is 0. The van der Waals surface area contributed by atoms with Crippen LogP contribution in [0.4, 0.5) is 0 Å². The first-order valence-corrected chi connectivity index (χ1v) is 6.48. The molecule has 0 N–H and O–H groups in total. The molecule has 0 aliphatic heterocycles. The van der Waals surface area contributed by atoms with E-state index in [1.165, 1.54) is 32.1 Å². The topological polar surface area (TPSA) is 27.7 Å². The third-order valence-electron chi connectivity index (χ3n) is 3.14. The van der Waals surface area contributed by atoms with Crippen molar-refractivity contribution in [1.29, 1.82) is 0 Å². The lowest BCUT2D eigenvalue weighted by atomic mass is 9.98. The molecule has 3 heteroatoms. The zero-order valence-electron chi connectivity index (χ0n) is 10.9. The van der Waals surface area contributed by atoms with Crippen molar-refractivity contribution in [2.24, 2.45) is 0 Å². The van der Waals surface area contributed by atoms with Crippen molar-refractivity contribution in [3.63, 3.8) is 0 Å². The quantitative estimate of drug-likeness (QED) is 0.673. The van der Waals surface area contributed by atoms with Gasteiger partial charge in [-0.05, 0) is 26.7 Å². The van der Waals surface area contributed by atoms with Crippen molar-refractivity contribution >= 4 is 0 Å². The minimum absolute atomic E-state index is 0.164. The summed E-state index contributed by atoms with van der Waals surface area (Å²) in [5.74, 6) is 0. The lowest BCUT2D eigenvalue weighted by Crippen LogP contribution is -2.26. The van der Waals surface area contributed by atoms with Crippen LogP contribution in [-0.2, 0) is 14.2 Å². The van der Waals surface area contributed by atoms with Gasteiger partial charge in [0, 0.05) is 7.11 Å². The summed E-state index contributed by atoms with van der Waals surface area (Å²) in [5, 5.41) is 0. The van der Waals surface area contributed by atoms with Crippen LogP contribution in [-0.4, -0.2) is 38.6 Å². The van der Waals surface area contributed by atoms with Gasteiger partial charge in [0.25, 0.3) is 0 Å². The fourth-order valence-corrected chi connectivity index (χ4v) is 1.92. The van der Waals surface area contributed by atoms with Crippen LogP contribution in [0.2, 0.25) is 0 Å². The van der Waals surface area contributed by atoms with Crippen molar-refractivity contribution in [2.75, 3.05) is 20.3 Å². The second kappa shape index (κ2) is 8.04. The van der Waals surface area contributed by atoms with Crippen LogP contribution in [0.1, 0.15) is 46.0 Å². The van der Waals surface area contributed by atoms with Crippen molar-refractivity contribution in [1.82, 2.24) is 0 Å². The van der Waals surface area contributed by atoms with E-state index in [1.807, 2.05) is 6.92 Å². The fourth-order valence-electron chi connectivity index (χ4n) is 1.92. The molecule has 1 rings (SSSR count). The molecule has 0 heterocycles. The highest BCUT2D eigenvalue weighted by Gasteiger charge is 2.15. The summed E-state index contributed by atoms with van der Waals surface area (Å²) < 4.78 is 16.6. The van der Waals surface area contributed by atoms with Crippen molar-refractivity contribution < 1.29 is 14.2 Å². The summed E-state index contributed by atoms with van der Waals surface area (Å²) in [6.45, 7) is 5.42. The molecule has 0 saturated heterocycles. The van der Waals surface area contributed by atoms with Gasteiger partial charge in [-0.2, -0.15) is 0 Å². The normalized spacial score (nSPS) is 21.9. The standard InChI is InChI=1S/C13H26O3/c1-11(14-3)9-15-12(2)10-16-13-7-5-4-6-8-13/h11-13H,4-10H2,1-3H3. The Bertz CT molecular complexity index is 167. The summed E-state index contributed by atoms with van der Waals surface area (Å²) in [7, 11) is 1.71. The van der Waals surface area contributed by atoms with Crippen LogP contribution in [0, 0.1) is 0 Å². The van der Waals surface area contributed by atoms with Gasteiger partial charge in [0.2, 0.25) is 0 Å². The maximum atomic E-state index is 5.84. The lowest BCUT2D eigenvalue weighted by Gasteiger charge is -2.24. The maximum Gasteiger partial charge on any atom is 0.0781 e. The molecule has 2 unspecified atom stereocenters.